The van der Waals surface area contributed by atoms with E-state index < -0.39 is 0 Å². The van der Waals surface area contributed by atoms with Crippen molar-refractivity contribution in [3.8, 4) is 5.75 Å². The van der Waals surface area contributed by atoms with Crippen LogP contribution in [-0.2, 0) is 6.61 Å². The van der Waals surface area contributed by atoms with Crippen molar-refractivity contribution in [3.05, 3.63) is 62.6 Å². The predicted octanol–water partition coefficient (Wildman–Crippen LogP) is 4.80. The Morgan fingerprint density at radius 2 is 2.11 bits per heavy atom. The van der Waals surface area contributed by atoms with Gasteiger partial charge in [0.15, 0.2) is 6.29 Å². The normalized spacial score (nSPS) is 10.3. The zero-order valence-corrected chi connectivity index (χ0v) is 12.7. The number of ether oxygens (including phenoxy) is 1. The minimum atomic E-state index is 0.379. The highest BCUT2D eigenvalue weighted by Crippen LogP contribution is 2.27. The summed E-state index contributed by atoms with van der Waals surface area (Å²) < 4.78 is 6.61. The molecule has 0 amide bonds. The Balaban J connectivity index is 2.22. The van der Waals surface area contributed by atoms with Crippen LogP contribution in [0.3, 0.4) is 0 Å². The van der Waals surface area contributed by atoms with Crippen LogP contribution in [0.25, 0.3) is 0 Å². The number of aryl methyl sites for hydroxylation is 1. The standard InChI is InChI=1S/C15H12BrClO2/c1-10-5-13(16)7-12(8-18)15(10)19-9-11-3-2-4-14(17)6-11/h2-8H,9H2,1H3. The largest absolute Gasteiger partial charge is 0.488 e. The van der Waals surface area contributed by atoms with Crippen molar-refractivity contribution in [2.45, 2.75) is 13.5 Å². The lowest BCUT2D eigenvalue weighted by Crippen LogP contribution is -2.00. The number of halogens is 2. The summed E-state index contributed by atoms with van der Waals surface area (Å²) >= 11 is 9.28. The minimum Gasteiger partial charge on any atom is -0.488 e. The quantitative estimate of drug-likeness (QED) is 0.748. The highest BCUT2D eigenvalue weighted by atomic mass is 79.9. The van der Waals surface area contributed by atoms with Crippen LogP contribution < -0.4 is 4.74 Å². The molecule has 0 aliphatic carbocycles. The van der Waals surface area contributed by atoms with Crippen LogP contribution in [0.2, 0.25) is 5.02 Å². The van der Waals surface area contributed by atoms with Gasteiger partial charge in [-0.1, -0.05) is 39.7 Å². The summed E-state index contributed by atoms with van der Waals surface area (Å²) in [7, 11) is 0. The lowest BCUT2D eigenvalue weighted by atomic mass is 10.1. The summed E-state index contributed by atoms with van der Waals surface area (Å²) in [6.07, 6.45) is 0.797. The van der Waals surface area contributed by atoms with Crippen molar-refractivity contribution in [3.63, 3.8) is 0 Å². The molecule has 0 aliphatic rings. The van der Waals surface area contributed by atoms with Crippen molar-refractivity contribution in [1.82, 2.24) is 0 Å². The van der Waals surface area contributed by atoms with Gasteiger partial charge >= 0.3 is 0 Å². The molecule has 98 valence electrons. The van der Waals surface area contributed by atoms with Crippen molar-refractivity contribution < 1.29 is 9.53 Å². The second kappa shape index (κ2) is 6.22. The van der Waals surface area contributed by atoms with Gasteiger partial charge in [0.05, 0.1) is 5.56 Å². The molecule has 2 nitrogen and oxygen atoms in total. The maximum atomic E-state index is 11.1. The Kier molecular flexibility index (Phi) is 4.61. The summed E-state index contributed by atoms with van der Waals surface area (Å²) in [5, 5.41) is 0.671. The average Bonchev–Trinajstić information content (AvgIpc) is 2.37. The Bertz CT molecular complexity index is 611. The fraction of sp³-hybridized carbons (Fsp3) is 0.133. The average molecular weight is 340 g/mol. The van der Waals surface area contributed by atoms with E-state index in [0.717, 1.165) is 21.9 Å². The molecule has 0 saturated carbocycles. The molecular weight excluding hydrogens is 328 g/mol. The van der Waals surface area contributed by atoms with Gasteiger partial charge in [-0.2, -0.15) is 0 Å². The van der Waals surface area contributed by atoms with Gasteiger partial charge in [-0.15, -0.1) is 0 Å². The lowest BCUT2D eigenvalue weighted by Gasteiger charge is -2.12. The third-order valence-electron chi connectivity index (χ3n) is 2.67. The van der Waals surface area contributed by atoms with Gasteiger partial charge in [0.25, 0.3) is 0 Å². The van der Waals surface area contributed by atoms with E-state index in [9.17, 15) is 4.79 Å². The topological polar surface area (TPSA) is 26.3 Å². The molecule has 2 rings (SSSR count). The van der Waals surface area contributed by atoms with Gasteiger partial charge in [-0.25, -0.2) is 0 Å². The Labute approximate surface area is 125 Å². The van der Waals surface area contributed by atoms with Crippen LogP contribution in [0.1, 0.15) is 21.5 Å². The molecule has 2 aromatic carbocycles. The van der Waals surface area contributed by atoms with E-state index in [1.807, 2.05) is 37.3 Å². The molecule has 0 unspecified atom stereocenters. The monoisotopic (exact) mass is 338 g/mol. The van der Waals surface area contributed by atoms with Crippen LogP contribution in [-0.4, -0.2) is 6.29 Å². The SMILES string of the molecule is Cc1cc(Br)cc(C=O)c1OCc1cccc(Cl)c1. The van der Waals surface area contributed by atoms with Gasteiger partial charge in [0, 0.05) is 9.50 Å². The second-order valence-corrected chi connectivity index (χ2v) is 5.53. The first kappa shape index (κ1) is 14.1. The number of rotatable bonds is 4. The zero-order valence-electron chi connectivity index (χ0n) is 10.3. The van der Waals surface area contributed by atoms with Gasteiger partial charge in [0.2, 0.25) is 0 Å². The van der Waals surface area contributed by atoms with E-state index in [0.29, 0.717) is 22.9 Å². The molecular formula is C15H12BrClO2. The summed E-state index contributed by atoms with van der Waals surface area (Å²) in [4.78, 5) is 11.1. The Hall–Kier alpha value is -1.32. The molecule has 2 aromatic rings. The zero-order chi connectivity index (χ0) is 13.8. The first-order chi connectivity index (χ1) is 9.10. The molecule has 0 N–H and O–H groups in total. The summed E-state index contributed by atoms with van der Waals surface area (Å²) in [6.45, 7) is 2.29. The van der Waals surface area contributed by atoms with Gasteiger partial charge < -0.3 is 4.74 Å². The van der Waals surface area contributed by atoms with E-state index in [1.165, 1.54) is 0 Å². The number of hydrogen-bond donors (Lipinski definition) is 0. The number of hydrogen-bond acceptors (Lipinski definition) is 2. The first-order valence-electron chi connectivity index (χ1n) is 5.72. The fourth-order valence-electron chi connectivity index (χ4n) is 1.82. The second-order valence-electron chi connectivity index (χ2n) is 4.18. The van der Waals surface area contributed by atoms with Crippen molar-refractivity contribution >= 4 is 33.8 Å². The van der Waals surface area contributed by atoms with Crippen LogP contribution in [0.5, 0.6) is 5.75 Å². The van der Waals surface area contributed by atoms with E-state index in [-0.39, 0.29) is 0 Å². The van der Waals surface area contributed by atoms with Gasteiger partial charge in [-0.05, 0) is 42.3 Å². The summed E-state index contributed by atoms with van der Waals surface area (Å²) in [6, 6.07) is 11.1. The highest BCUT2D eigenvalue weighted by molar-refractivity contribution is 9.10. The Morgan fingerprint density at radius 1 is 1.32 bits per heavy atom. The smallest absolute Gasteiger partial charge is 0.153 e. The molecule has 0 radical (unpaired) electrons. The third-order valence-corrected chi connectivity index (χ3v) is 3.36. The van der Waals surface area contributed by atoms with E-state index >= 15 is 0 Å². The summed E-state index contributed by atoms with van der Waals surface area (Å²) in [5.41, 5.74) is 2.42. The van der Waals surface area contributed by atoms with Crippen molar-refractivity contribution in [1.29, 1.82) is 0 Å². The molecule has 0 aromatic heterocycles. The van der Waals surface area contributed by atoms with Gasteiger partial charge in [-0.3, -0.25) is 4.79 Å². The van der Waals surface area contributed by atoms with E-state index in [4.69, 9.17) is 16.3 Å². The maximum absolute atomic E-state index is 11.1. The van der Waals surface area contributed by atoms with E-state index in [2.05, 4.69) is 15.9 Å². The molecule has 0 heterocycles. The van der Waals surface area contributed by atoms with E-state index in [1.54, 1.807) is 6.07 Å². The minimum absolute atomic E-state index is 0.379. The van der Waals surface area contributed by atoms with Gasteiger partial charge in [0.1, 0.15) is 12.4 Å². The lowest BCUT2D eigenvalue weighted by molar-refractivity contribution is 0.111. The molecule has 0 aliphatic heterocycles. The predicted molar refractivity (Wildman–Crippen MR) is 80.1 cm³/mol. The fourth-order valence-corrected chi connectivity index (χ4v) is 2.63. The van der Waals surface area contributed by atoms with Crippen molar-refractivity contribution in [2.75, 3.05) is 0 Å². The number of benzene rings is 2. The molecule has 4 heteroatoms. The molecule has 0 atom stereocenters. The number of aldehydes is 1. The summed E-state index contributed by atoms with van der Waals surface area (Å²) in [5.74, 6) is 0.609. The molecule has 0 bridgehead atoms. The van der Waals surface area contributed by atoms with Crippen LogP contribution >= 0.6 is 27.5 Å². The van der Waals surface area contributed by atoms with Crippen LogP contribution in [0.15, 0.2) is 40.9 Å². The van der Waals surface area contributed by atoms with Crippen molar-refractivity contribution in [2.24, 2.45) is 0 Å². The molecule has 0 fully saturated rings. The Morgan fingerprint density at radius 3 is 2.79 bits per heavy atom. The van der Waals surface area contributed by atoms with Crippen LogP contribution in [0.4, 0.5) is 0 Å². The molecule has 19 heavy (non-hydrogen) atoms. The molecule has 0 spiro atoms. The first-order valence-corrected chi connectivity index (χ1v) is 6.90. The van der Waals surface area contributed by atoms with Crippen LogP contribution in [0, 0.1) is 6.92 Å². The highest BCUT2D eigenvalue weighted by Gasteiger charge is 2.08. The molecule has 0 saturated heterocycles. The maximum Gasteiger partial charge on any atom is 0.153 e. The number of carbonyl (C=O) groups excluding carboxylic acids is 1. The number of carbonyl (C=O) groups is 1. The third kappa shape index (κ3) is 3.58.